The van der Waals surface area contributed by atoms with Crippen molar-refractivity contribution >= 4 is 26.1 Å². The monoisotopic (exact) mass is 356 g/mol. The van der Waals surface area contributed by atoms with Gasteiger partial charge in [-0.25, -0.2) is 17.9 Å². The molecule has 0 atom stereocenters. The van der Waals surface area contributed by atoms with Crippen LogP contribution < -0.4 is 0 Å². The summed E-state index contributed by atoms with van der Waals surface area (Å²) >= 11 is 1.06. The molecule has 0 aliphatic heterocycles. The Bertz CT molecular complexity index is 1060. The summed E-state index contributed by atoms with van der Waals surface area (Å²) in [5, 5.41) is 4.18. The van der Waals surface area contributed by atoms with Gasteiger partial charge in [0.05, 0.1) is 23.3 Å². The molecule has 0 radical (unpaired) electrons. The molecule has 0 aliphatic rings. The van der Waals surface area contributed by atoms with Crippen molar-refractivity contribution in [2.24, 2.45) is 0 Å². The number of benzene rings is 1. The molecule has 0 spiro atoms. The van der Waals surface area contributed by atoms with Crippen molar-refractivity contribution in [1.29, 1.82) is 0 Å². The van der Waals surface area contributed by atoms with E-state index >= 15 is 0 Å². The first-order valence-electron chi connectivity index (χ1n) is 7.16. The number of nitrogens with zero attached hydrogens (tertiary/aromatic N) is 4. The molecule has 0 fully saturated rings. The summed E-state index contributed by atoms with van der Waals surface area (Å²) in [6.07, 6.45) is 3.31. The van der Waals surface area contributed by atoms with Gasteiger partial charge in [0.15, 0.2) is 0 Å². The van der Waals surface area contributed by atoms with Crippen LogP contribution in [0.1, 0.15) is 5.69 Å². The van der Waals surface area contributed by atoms with Gasteiger partial charge in [-0.3, -0.25) is 4.98 Å². The number of pyridine rings is 1. The van der Waals surface area contributed by atoms with Crippen LogP contribution in [-0.4, -0.2) is 28.0 Å². The largest absolute Gasteiger partial charge is 0.260 e. The highest BCUT2D eigenvalue weighted by atomic mass is 32.2. The maximum absolute atomic E-state index is 12.5. The smallest absolute Gasteiger partial charge is 0.233 e. The number of aromatic nitrogens is 4. The van der Waals surface area contributed by atoms with Gasteiger partial charge in [-0.2, -0.15) is 0 Å². The van der Waals surface area contributed by atoms with Gasteiger partial charge in [-0.1, -0.05) is 47.7 Å². The molecule has 4 aromatic rings. The maximum Gasteiger partial charge on any atom is 0.233 e. The molecule has 0 saturated heterocycles. The summed E-state index contributed by atoms with van der Waals surface area (Å²) < 4.78 is 26.5. The molecule has 8 heteroatoms. The highest BCUT2D eigenvalue weighted by Gasteiger charge is 2.22. The van der Waals surface area contributed by atoms with Crippen LogP contribution in [0, 0.1) is 0 Å². The van der Waals surface area contributed by atoms with E-state index in [-0.39, 0.29) is 10.1 Å². The molecule has 0 aliphatic carbocycles. The Morgan fingerprint density at radius 1 is 1.04 bits per heavy atom. The number of hydrogen-bond acceptors (Lipinski definition) is 6. The highest BCUT2D eigenvalue weighted by Crippen LogP contribution is 2.25. The lowest BCUT2D eigenvalue weighted by molar-refractivity contribution is 0.592. The molecule has 0 unspecified atom stereocenters. The standard InChI is InChI=1S/C16H12N4O2S2/c21-24(22,11-13-8-4-5-9-17-13)16-19-20-10-14(18-15(20)23-16)12-6-2-1-3-7-12/h1-10H,11H2. The van der Waals surface area contributed by atoms with E-state index in [0.717, 1.165) is 22.6 Å². The van der Waals surface area contributed by atoms with Gasteiger partial charge in [0.1, 0.15) is 0 Å². The summed E-state index contributed by atoms with van der Waals surface area (Å²) in [4.78, 5) is 9.07. The van der Waals surface area contributed by atoms with E-state index in [1.165, 1.54) is 4.52 Å². The summed E-state index contributed by atoms with van der Waals surface area (Å²) in [6, 6.07) is 14.9. The van der Waals surface area contributed by atoms with Crippen molar-refractivity contribution in [2.75, 3.05) is 0 Å². The van der Waals surface area contributed by atoms with E-state index in [1.54, 1.807) is 30.6 Å². The average Bonchev–Trinajstić information content (AvgIpc) is 3.15. The zero-order valence-corrected chi connectivity index (χ0v) is 14.0. The van der Waals surface area contributed by atoms with Gasteiger partial charge in [0, 0.05) is 11.8 Å². The van der Waals surface area contributed by atoms with Gasteiger partial charge in [0.25, 0.3) is 0 Å². The number of hydrogen-bond donors (Lipinski definition) is 0. The van der Waals surface area contributed by atoms with Crippen LogP contribution >= 0.6 is 11.3 Å². The molecule has 3 heterocycles. The zero-order valence-electron chi connectivity index (χ0n) is 12.4. The third-order valence-electron chi connectivity index (χ3n) is 3.42. The van der Waals surface area contributed by atoms with E-state index < -0.39 is 9.84 Å². The summed E-state index contributed by atoms with van der Waals surface area (Å²) in [5.74, 6) is -0.171. The van der Waals surface area contributed by atoms with Crippen LogP contribution in [0.5, 0.6) is 0 Å². The average molecular weight is 356 g/mol. The lowest BCUT2D eigenvalue weighted by Gasteiger charge is -1.99. The zero-order chi connectivity index (χ0) is 16.6. The van der Waals surface area contributed by atoms with Crippen LogP contribution in [0.15, 0.2) is 65.3 Å². The molecule has 6 nitrogen and oxygen atoms in total. The Morgan fingerprint density at radius 3 is 2.54 bits per heavy atom. The first kappa shape index (κ1) is 15.0. The molecular formula is C16H12N4O2S2. The van der Waals surface area contributed by atoms with Crippen molar-refractivity contribution < 1.29 is 8.42 Å². The summed E-state index contributed by atoms with van der Waals surface area (Å²) in [6.45, 7) is 0. The van der Waals surface area contributed by atoms with E-state index in [1.807, 2.05) is 30.3 Å². The van der Waals surface area contributed by atoms with E-state index in [2.05, 4.69) is 15.1 Å². The number of sulfone groups is 1. The van der Waals surface area contributed by atoms with E-state index in [0.29, 0.717) is 10.7 Å². The van der Waals surface area contributed by atoms with Gasteiger partial charge < -0.3 is 0 Å². The normalized spacial score (nSPS) is 11.8. The Balaban J connectivity index is 1.67. The predicted molar refractivity (Wildman–Crippen MR) is 91.4 cm³/mol. The SMILES string of the molecule is O=S(=O)(Cc1ccccn1)c1nn2cc(-c3ccccc3)nc2s1. The fraction of sp³-hybridized carbons (Fsp3) is 0.0625. The Kier molecular flexibility index (Phi) is 3.62. The highest BCUT2D eigenvalue weighted by molar-refractivity contribution is 7.92. The van der Waals surface area contributed by atoms with Gasteiger partial charge >= 0.3 is 0 Å². The minimum Gasteiger partial charge on any atom is -0.260 e. The van der Waals surface area contributed by atoms with Crippen LogP contribution in [0.3, 0.4) is 0 Å². The Hall–Kier alpha value is -2.58. The molecule has 0 bridgehead atoms. The number of fused-ring (bicyclic) bond motifs is 1. The molecule has 24 heavy (non-hydrogen) atoms. The van der Waals surface area contributed by atoms with Gasteiger partial charge in [-0.05, 0) is 12.1 Å². The summed E-state index contributed by atoms with van der Waals surface area (Å²) in [5.41, 5.74) is 2.23. The molecule has 0 saturated carbocycles. The predicted octanol–water partition coefficient (Wildman–Crippen LogP) is 2.83. The fourth-order valence-corrected chi connectivity index (χ4v) is 4.72. The van der Waals surface area contributed by atoms with Gasteiger partial charge in [0.2, 0.25) is 19.1 Å². The second-order valence-corrected chi connectivity index (χ2v) is 8.29. The lowest BCUT2D eigenvalue weighted by Crippen LogP contribution is -2.06. The van der Waals surface area contributed by atoms with E-state index in [9.17, 15) is 8.42 Å². The van der Waals surface area contributed by atoms with Crippen molar-refractivity contribution in [1.82, 2.24) is 19.6 Å². The lowest BCUT2D eigenvalue weighted by atomic mass is 10.2. The first-order valence-corrected chi connectivity index (χ1v) is 9.63. The van der Waals surface area contributed by atoms with Crippen molar-refractivity contribution in [2.45, 2.75) is 10.1 Å². The minimum atomic E-state index is -3.54. The Labute approximate surface area is 142 Å². The minimum absolute atomic E-state index is 0.0512. The molecule has 0 N–H and O–H groups in total. The van der Waals surface area contributed by atoms with E-state index in [4.69, 9.17) is 0 Å². The van der Waals surface area contributed by atoms with Crippen molar-refractivity contribution in [3.63, 3.8) is 0 Å². The second-order valence-electron chi connectivity index (χ2n) is 5.17. The number of rotatable bonds is 4. The molecule has 3 aromatic heterocycles. The molecule has 4 rings (SSSR count). The van der Waals surface area contributed by atoms with Crippen LogP contribution in [0.25, 0.3) is 16.2 Å². The maximum atomic E-state index is 12.5. The second kappa shape index (κ2) is 5.81. The van der Waals surface area contributed by atoms with Gasteiger partial charge in [-0.15, -0.1) is 5.10 Å². The van der Waals surface area contributed by atoms with Crippen LogP contribution in [0.4, 0.5) is 0 Å². The molecule has 120 valence electrons. The quantitative estimate of drug-likeness (QED) is 0.562. The van der Waals surface area contributed by atoms with Crippen molar-refractivity contribution in [3.8, 4) is 11.3 Å². The van der Waals surface area contributed by atoms with Crippen LogP contribution in [-0.2, 0) is 15.6 Å². The van der Waals surface area contributed by atoms with Crippen molar-refractivity contribution in [3.05, 3.63) is 66.6 Å². The first-order chi connectivity index (χ1) is 11.6. The Morgan fingerprint density at radius 2 is 1.83 bits per heavy atom. The molecule has 1 aromatic carbocycles. The number of imidazole rings is 1. The topological polar surface area (TPSA) is 77.2 Å². The third-order valence-corrected chi connectivity index (χ3v) is 6.44. The molecule has 0 amide bonds. The molecular weight excluding hydrogens is 344 g/mol. The third kappa shape index (κ3) is 2.81. The fourth-order valence-electron chi connectivity index (χ4n) is 2.30. The van der Waals surface area contributed by atoms with Crippen LogP contribution in [0.2, 0.25) is 0 Å². The summed E-state index contributed by atoms with van der Waals surface area (Å²) in [7, 11) is -3.54.